The molecule has 108 valence electrons. The molecule has 0 saturated carbocycles. The Morgan fingerprint density at radius 2 is 2.10 bits per heavy atom. The fourth-order valence-electron chi connectivity index (χ4n) is 2.43. The molecule has 1 aromatic carbocycles. The zero-order valence-electron chi connectivity index (χ0n) is 11.8. The summed E-state index contributed by atoms with van der Waals surface area (Å²) < 4.78 is 2.11. The van der Waals surface area contributed by atoms with Crippen LogP contribution in [0.3, 0.4) is 0 Å². The van der Waals surface area contributed by atoms with E-state index in [4.69, 9.17) is 23.2 Å². The number of benzene rings is 1. The molecule has 2 heterocycles. The average Bonchev–Trinajstić information content (AvgIpc) is 2.79. The second kappa shape index (κ2) is 5.66. The molecule has 0 aliphatic carbocycles. The van der Waals surface area contributed by atoms with Crippen molar-refractivity contribution in [1.82, 2.24) is 14.5 Å². The van der Waals surface area contributed by atoms with Gasteiger partial charge in [-0.2, -0.15) is 0 Å². The summed E-state index contributed by atoms with van der Waals surface area (Å²) in [5, 5.41) is 0.495. The molecule has 1 unspecified atom stereocenters. The molecule has 0 aliphatic rings. The number of hydrogen-bond acceptors (Lipinski definition) is 2. The van der Waals surface area contributed by atoms with Crippen LogP contribution in [0.1, 0.15) is 29.4 Å². The molecule has 3 nitrogen and oxygen atoms in total. The Kier molecular flexibility index (Phi) is 3.87. The second-order valence-electron chi connectivity index (χ2n) is 5.07. The molecule has 0 spiro atoms. The Morgan fingerprint density at radius 1 is 1.29 bits per heavy atom. The van der Waals surface area contributed by atoms with Gasteiger partial charge in [0.2, 0.25) is 0 Å². The highest BCUT2D eigenvalue weighted by Gasteiger charge is 2.16. The molecular weight excluding hydrogens is 305 g/mol. The molecule has 0 fully saturated rings. The van der Waals surface area contributed by atoms with Gasteiger partial charge in [0, 0.05) is 11.2 Å². The van der Waals surface area contributed by atoms with Gasteiger partial charge in [0.1, 0.15) is 5.82 Å². The van der Waals surface area contributed by atoms with Crippen LogP contribution >= 0.6 is 23.2 Å². The fraction of sp³-hybridized carbons (Fsp3) is 0.250. The van der Waals surface area contributed by atoms with E-state index in [2.05, 4.69) is 27.5 Å². The minimum Gasteiger partial charge on any atom is -0.321 e. The van der Waals surface area contributed by atoms with Crippen LogP contribution < -0.4 is 0 Å². The summed E-state index contributed by atoms with van der Waals surface area (Å²) in [5.41, 5.74) is 4.05. The molecule has 0 saturated heterocycles. The van der Waals surface area contributed by atoms with Gasteiger partial charge in [-0.1, -0.05) is 17.7 Å². The normalized spacial score (nSPS) is 12.8. The van der Waals surface area contributed by atoms with E-state index < -0.39 is 0 Å². The highest BCUT2D eigenvalue weighted by Crippen LogP contribution is 2.27. The Morgan fingerprint density at radius 3 is 2.81 bits per heavy atom. The SMILES string of the molecule is Cc1cccnc1Cn1c(C(C)Cl)nc2cc(Cl)ccc21. The summed E-state index contributed by atoms with van der Waals surface area (Å²) in [7, 11) is 0. The minimum absolute atomic E-state index is 0.180. The molecule has 0 radical (unpaired) electrons. The van der Waals surface area contributed by atoms with E-state index in [-0.39, 0.29) is 5.38 Å². The number of hydrogen-bond donors (Lipinski definition) is 0. The summed E-state index contributed by atoms with van der Waals surface area (Å²) in [4.78, 5) is 9.08. The van der Waals surface area contributed by atoms with Crippen molar-refractivity contribution in [3.05, 3.63) is 58.6 Å². The second-order valence-corrected chi connectivity index (χ2v) is 6.16. The maximum absolute atomic E-state index is 6.29. The first-order valence-electron chi connectivity index (χ1n) is 6.76. The van der Waals surface area contributed by atoms with E-state index in [1.807, 2.05) is 37.4 Å². The van der Waals surface area contributed by atoms with Crippen LogP contribution in [0.2, 0.25) is 5.02 Å². The Hall–Kier alpha value is -1.58. The molecule has 0 bridgehead atoms. The van der Waals surface area contributed by atoms with Gasteiger partial charge in [-0.3, -0.25) is 4.98 Å². The van der Waals surface area contributed by atoms with Crippen molar-refractivity contribution in [2.24, 2.45) is 0 Å². The van der Waals surface area contributed by atoms with Crippen molar-refractivity contribution < 1.29 is 0 Å². The first-order chi connectivity index (χ1) is 10.1. The van der Waals surface area contributed by atoms with Gasteiger partial charge in [0.15, 0.2) is 0 Å². The molecule has 21 heavy (non-hydrogen) atoms. The summed E-state index contributed by atoms with van der Waals surface area (Å²) >= 11 is 12.3. The number of fused-ring (bicyclic) bond motifs is 1. The van der Waals surface area contributed by atoms with Crippen LogP contribution in [0.5, 0.6) is 0 Å². The number of aromatic nitrogens is 3. The lowest BCUT2D eigenvalue weighted by atomic mass is 10.2. The third-order valence-electron chi connectivity index (χ3n) is 3.52. The van der Waals surface area contributed by atoms with Gasteiger partial charge < -0.3 is 4.57 Å². The molecule has 0 amide bonds. The molecule has 1 atom stereocenters. The molecule has 0 aliphatic heterocycles. The van der Waals surface area contributed by atoms with Crippen molar-refractivity contribution in [3.8, 4) is 0 Å². The van der Waals surface area contributed by atoms with Gasteiger partial charge in [0.05, 0.1) is 28.6 Å². The van der Waals surface area contributed by atoms with E-state index >= 15 is 0 Å². The third kappa shape index (κ3) is 2.76. The number of halogens is 2. The minimum atomic E-state index is -0.180. The number of alkyl halides is 1. The van der Waals surface area contributed by atoms with Crippen molar-refractivity contribution in [2.45, 2.75) is 25.8 Å². The molecule has 5 heteroatoms. The number of imidazole rings is 1. The smallest absolute Gasteiger partial charge is 0.128 e. The van der Waals surface area contributed by atoms with Crippen molar-refractivity contribution >= 4 is 34.2 Å². The predicted octanol–water partition coefficient (Wildman–Crippen LogP) is 4.74. The molecule has 0 N–H and O–H groups in total. The largest absolute Gasteiger partial charge is 0.321 e. The predicted molar refractivity (Wildman–Crippen MR) is 87.1 cm³/mol. The van der Waals surface area contributed by atoms with Crippen molar-refractivity contribution in [3.63, 3.8) is 0 Å². The lowest BCUT2D eigenvalue weighted by Crippen LogP contribution is -2.08. The van der Waals surface area contributed by atoms with Crippen LogP contribution in [-0.4, -0.2) is 14.5 Å². The zero-order valence-corrected chi connectivity index (χ0v) is 13.4. The summed E-state index contributed by atoms with van der Waals surface area (Å²) in [6.07, 6.45) is 1.81. The fourth-order valence-corrected chi connectivity index (χ4v) is 2.76. The van der Waals surface area contributed by atoms with Gasteiger partial charge >= 0.3 is 0 Å². The number of nitrogens with zero attached hydrogens (tertiary/aromatic N) is 3. The number of pyridine rings is 1. The maximum atomic E-state index is 6.29. The van der Waals surface area contributed by atoms with E-state index in [1.54, 1.807) is 0 Å². The molecule has 2 aromatic heterocycles. The van der Waals surface area contributed by atoms with Crippen molar-refractivity contribution in [1.29, 1.82) is 0 Å². The van der Waals surface area contributed by atoms with Crippen LogP contribution in [-0.2, 0) is 6.54 Å². The molecule has 3 aromatic rings. The third-order valence-corrected chi connectivity index (χ3v) is 3.95. The Bertz CT molecular complexity index is 793. The standard InChI is InChI=1S/C16H15Cl2N3/c1-10-4-3-7-19-14(10)9-21-15-6-5-12(18)8-13(15)20-16(21)11(2)17/h3-8,11H,9H2,1-2H3. The zero-order chi connectivity index (χ0) is 15.0. The lowest BCUT2D eigenvalue weighted by molar-refractivity contribution is 0.723. The number of aryl methyl sites for hydroxylation is 1. The first-order valence-corrected chi connectivity index (χ1v) is 7.58. The van der Waals surface area contributed by atoms with Crippen LogP contribution in [0.25, 0.3) is 11.0 Å². The number of rotatable bonds is 3. The summed E-state index contributed by atoms with van der Waals surface area (Å²) in [5.74, 6) is 0.832. The van der Waals surface area contributed by atoms with Gasteiger partial charge in [-0.25, -0.2) is 4.98 Å². The summed E-state index contributed by atoms with van der Waals surface area (Å²) in [6, 6.07) is 9.71. The highest BCUT2D eigenvalue weighted by atomic mass is 35.5. The van der Waals surface area contributed by atoms with Crippen LogP contribution in [0.4, 0.5) is 0 Å². The van der Waals surface area contributed by atoms with Crippen LogP contribution in [0, 0.1) is 6.92 Å². The van der Waals surface area contributed by atoms with Gasteiger partial charge in [-0.15, -0.1) is 11.6 Å². The Labute approximate surface area is 133 Å². The average molecular weight is 320 g/mol. The van der Waals surface area contributed by atoms with Crippen LogP contribution in [0.15, 0.2) is 36.5 Å². The first kappa shape index (κ1) is 14.4. The maximum Gasteiger partial charge on any atom is 0.128 e. The quantitative estimate of drug-likeness (QED) is 0.653. The van der Waals surface area contributed by atoms with E-state index in [1.165, 1.54) is 0 Å². The molecule has 3 rings (SSSR count). The lowest BCUT2D eigenvalue weighted by Gasteiger charge is -2.11. The monoisotopic (exact) mass is 319 g/mol. The van der Waals surface area contributed by atoms with E-state index in [0.29, 0.717) is 11.6 Å². The van der Waals surface area contributed by atoms with E-state index in [9.17, 15) is 0 Å². The topological polar surface area (TPSA) is 30.7 Å². The van der Waals surface area contributed by atoms with E-state index in [0.717, 1.165) is 28.1 Å². The van der Waals surface area contributed by atoms with Crippen molar-refractivity contribution in [2.75, 3.05) is 0 Å². The highest BCUT2D eigenvalue weighted by molar-refractivity contribution is 6.31. The Balaban J connectivity index is 2.16. The summed E-state index contributed by atoms with van der Waals surface area (Å²) in [6.45, 7) is 4.63. The van der Waals surface area contributed by atoms with Gasteiger partial charge in [0.25, 0.3) is 0 Å². The van der Waals surface area contributed by atoms with Gasteiger partial charge in [-0.05, 0) is 43.7 Å². The molecular formula is C16H15Cl2N3.